The highest BCUT2D eigenvalue weighted by Crippen LogP contribution is 2.28. The van der Waals surface area contributed by atoms with E-state index in [-0.39, 0.29) is 10.9 Å². The van der Waals surface area contributed by atoms with Crippen LogP contribution in [0.4, 0.5) is 0 Å². The van der Waals surface area contributed by atoms with Gasteiger partial charge in [0.1, 0.15) is 0 Å². The van der Waals surface area contributed by atoms with Gasteiger partial charge in [-0.1, -0.05) is 36.4 Å². The predicted octanol–water partition coefficient (Wildman–Crippen LogP) is 5.16. The number of esters is 1. The van der Waals surface area contributed by atoms with Crippen LogP contribution in [0.2, 0.25) is 0 Å². The molecule has 0 N–H and O–H groups in total. The number of nitrogens with zero attached hydrogens (tertiary/aromatic N) is 2. The molecule has 7 heteroatoms. The summed E-state index contributed by atoms with van der Waals surface area (Å²) in [6.07, 6.45) is 4.88. The average Bonchev–Trinajstić information content (AvgIpc) is 3.25. The summed E-state index contributed by atoms with van der Waals surface area (Å²) in [5, 5.41) is 1.14. The molecule has 1 aromatic heterocycles. The third-order valence-electron chi connectivity index (χ3n) is 6.29. The molecule has 0 saturated heterocycles. The van der Waals surface area contributed by atoms with Gasteiger partial charge in [0.05, 0.1) is 17.0 Å². The summed E-state index contributed by atoms with van der Waals surface area (Å²) < 4.78 is 33.4. The molecule has 1 heterocycles. The number of rotatable bonds is 10. The Kier molecular flexibility index (Phi) is 7.91. The Bertz CT molecular complexity index is 1440. The Balaban J connectivity index is 1.69. The number of fused-ring (bicyclic) bond motifs is 1. The standard InChI is InChI=1S/C29H32N2O4S/c1-4-35-29(32)19-12-23-11-18-28-27(20-23)24(13-10-22-8-6-5-7-9-22)21-31(28)25-14-16-26(17-15-25)36(33,34)30(2)3/h5-9,11,14-18,20-21H,4,10,12-13,19H2,1-3H3. The van der Waals surface area contributed by atoms with E-state index < -0.39 is 10.0 Å². The average molecular weight is 505 g/mol. The highest BCUT2D eigenvalue weighted by molar-refractivity contribution is 7.89. The van der Waals surface area contributed by atoms with E-state index in [1.54, 1.807) is 12.1 Å². The molecule has 0 atom stereocenters. The fourth-order valence-electron chi connectivity index (χ4n) is 4.31. The Morgan fingerprint density at radius 2 is 1.61 bits per heavy atom. The lowest BCUT2D eigenvalue weighted by molar-refractivity contribution is -0.143. The molecule has 0 aliphatic rings. The third kappa shape index (κ3) is 5.69. The molecule has 0 aliphatic heterocycles. The van der Waals surface area contributed by atoms with Gasteiger partial charge in [-0.25, -0.2) is 12.7 Å². The fraction of sp³-hybridized carbons (Fsp3) is 0.276. The second kappa shape index (κ2) is 11.1. The summed E-state index contributed by atoms with van der Waals surface area (Å²) in [7, 11) is -0.431. The predicted molar refractivity (Wildman–Crippen MR) is 143 cm³/mol. The molecule has 36 heavy (non-hydrogen) atoms. The summed E-state index contributed by atoms with van der Waals surface area (Å²) in [6.45, 7) is 2.20. The second-order valence-corrected chi connectivity index (χ2v) is 11.1. The molecular weight excluding hydrogens is 472 g/mol. The van der Waals surface area contributed by atoms with E-state index in [4.69, 9.17) is 4.74 Å². The fourth-order valence-corrected chi connectivity index (χ4v) is 5.21. The molecule has 4 rings (SSSR count). The van der Waals surface area contributed by atoms with Gasteiger partial charge in [-0.3, -0.25) is 4.79 Å². The van der Waals surface area contributed by atoms with E-state index in [0.717, 1.165) is 35.0 Å². The van der Waals surface area contributed by atoms with Crippen LogP contribution < -0.4 is 0 Å². The SMILES string of the molecule is CCOC(=O)CCc1ccc2c(c1)c(CCc1ccccc1)cn2-c1ccc(S(=O)(=O)N(C)C)cc1. The first-order valence-corrected chi connectivity index (χ1v) is 13.6. The normalized spacial score (nSPS) is 11.8. The molecule has 0 bridgehead atoms. The molecular formula is C29H32N2O4S. The molecule has 3 aromatic carbocycles. The highest BCUT2D eigenvalue weighted by atomic mass is 32.2. The molecule has 0 radical (unpaired) electrons. The molecule has 0 amide bonds. The molecule has 4 aromatic rings. The van der Waals surface area contributed by atoms with Gasteiger partial charge in [-0.15, -0.1) is 0 Å². The molecule has 0 aliphatic carbocycles. The van der Waals surface area contributed by atoms with Gasteiger partial charge in [0.25, 0.3) is 0 Å². The lowest BCUT2D eigenvalue weighted by Crippen LogP contribution is -2.22. The number of benzene rings is 3. The van der Waals surface area contributed by atoms with Crippen LogP contribution in [0.5, 0.6) is 0 Å². The number of hydrogen-bond acceptors (Lipinski definition) is 4. The van der Waals surface area contributed by atoms with Gasteiger partial charge >= 0.3 is 5.97 Å². The van der Waals surface area contributed by atoms with Gasteiger partial charge < -0.3 is 9.30 Å². The van der Waals surface area contributed by atoms with Crippen LogP contribution in [-0.4, -0.2) is 44.0 Å². The smallest absolute Gasteiger partial charge is 0.306 e. The second-order valence-electron chi connectivity index (χ2n) is 8.95. The van der Waals surface area contributed by atoms with Gasteiger partial charge in [-0.2, -0.15) is 0 Å². The molecule has 0 unspecified atom stereocenters. The Morgan fingerprint density at radius 1 is 0.889 bits per heavy atom. The van der Waals surface area contributed by atoms with E-state index in [2.05, 4.69) is 47.2 Å². The van der Waals surface area contributed by atoms with Crippen molar-refractivity contribution in [1.29, 1.82) is 0 Å². The van der Waals surface area contributed by atoms with Crippen molar-refractivity contribution in [2.75, 3.05) is 20.7 Å². The topological polar surface area (TPSA) is 68.6 Å². The first-order chi connectivity index (χ1) is 17.3. The van der Waals surface area contributed by atoms with Crippen LogP contribution in [0.3, 0.4) is 0 Å². The van der Waals surface area contributed by atoms with Crippen molar-refractivity contribution in [1.82, 2.24) is 8.87 Å². The van der Waals surface area contributed by atoms with Crippen LogP contribution in [0.15, 0.2) is 83.9 Å². The monoisotopic (exact) mass is 504 g/mol. The number of carbonyl (C=O) groups excluding carboxylic acids is 1. The van der Waals surface area contributed by atoms with Crippen molar-refractivity contribution in [3.05, 3.63) is 95.7 Å². The maximum Gasteiger partial charge on any atom is 0.306 e. The van der Waals surface area contributed by atoms with Gasteiger partial charge in [0.2, 0.25) is 10.0 Å². The van der Waals surface area contributed by atoms with Gasteiger partial charge in [0.15, 0.2) is 0 Å². The molecule has 188 valence electrons. The molecule has 0 fully saturated rings. The number of aryl methyl sites for hydroxylation is 3. The summed E-state index contributed by atoms with van der Waals surface area (Å²) in [5.74, 6) is -0.188. The van der Waals surface area contributed by atoms with E-state index in [1.807, 2.05) is 31.2 Å². The first-order valence-electron chi connectivity index (χ1n) is 12.1. The van der Waals surface area contributed by atoms with Crippen molar-refractivity contribution >= 4 is 26.9 Å². The van der Waals surface area contributed by atoms with Crippen LogP contribution in [-0.2, 0) is 38.8 Å². The van der Waals surface area contributed by atoms with Crippen LogP contribution in [0, 0.1) is 0 Å². The minimum atomic E-state index is -3.49. The van der Waals surface area contributed by atoms with Crippen molar-refractivity contribution < 1.29 is 17.9 Å². The van der Waals surface area contributed by atoms with E-state index >= 15 is 0 Å². The maximum absolute atomic E-state index is 12.5. The number of carbonyl (C=O) groups is 1. The van der Waals surface area contributed by atoms with E-state index in [9.17, 15) is 13.2 Å². The van der Waals surface area contributed by atoms with Crippen LogP contribution in [0.1, 0.15) is 30.0 Å². The quantitative estimate of drug-likeness (QED) is 0.280. The Morgan fingerprint density at radius 3 is 2.28 bits per heavy atom. The molecule has 0 saturated carbocycles. The van der Waals surface area contributed by atoms with Crippen LogP contribution in [0.25, 0.3) is 16.6 Å². The van der Waals surface area contributed by atoms with Crippen molar-refractivity contribution in [3.8, 4) is 5.69 Å². The number of ether oxygens (including phenoxy) is 1. The van der Waals surface area contributed by atoms with Gasteiger partial charge in [-0.05, 0) is 79.3 Å². The van der Waals surface area contributed by atoms with Crippen molar-refractivity contribution in [2.24, 2.45) is 0 Å². The van der Waals surface area contributed by atoms with E-state index in [0.29, 0.717) is 19.4 Å². The number of aromatic nitrogens is 1. The summed E-state index contributed by atoms with van der Waals surface area (Å²) in [6, 6.07) is 23.6. The zero-order valence-corrected chi connectivity index (χ0v) is 21.8. The lowest BCUT2D eigenvalue weighted by Gasteiger charge is -2.12. The summed E-state index contributed by atoms with van der Waals surface area (Å²) in [5.41, 5.74) is 5.50. The Labute approximate surface area is 213 Å². The molecule has 0 spiro atoms. The molecule has 6 nitrogen and oxygen atoms in total. The van der Waals surface area contributed by atoms with Crippen molar-refractivity contribution in [2.45, 2.75) is 37.5 Å². The maximum atomic E-state index is 12.5. The van der Waals surface area contributed by atoms with Crippen molar-refractivity contribution in [3.63, 3.8) is 0 Å². The summed E-state index contributed by atoms with van der Waals surface area (Å²) >= 11 is 0. The largest absolute Gasteiger partial charge is 0.466 e. The van der Waals surface area contributed by atoms with Gasteiger partial charge in [0, 0.05) is 37.8 Å². The number of hydrogen-bond donors (Lipinski definition) is 0. The number of sulfonamides is 1. The Hall–Kier alpha value is -3.42. The summed E-state index contributed by atoms with van der Waals surface area (Å²) in [4.78, 5) is 12.1. The lowest BCUT2D eigenvalue weighted by atomic mass is 10.0. The third-order valence-corrected chi connectivity index (χ3v) is 8.12. The minimum Gasteiger partial charge on any atom is -0.466 e. The first kappa shape index (κ1) is 25.7. The zero-order valence-electron chi connectivity index (χ0n) is 21.0. The van der Waals surface area contributed by atoms with E-state index in [1.165, 1.54) is 29.5 Å². The minimum absolute atomic E-state index is 0.188. The van der Waals surface area contributed by atoms with Crippen LogP contribution >= 0.6 is 0 Å². The zero-order chi connectivity index (χ0) is 25.7. The highest BCUT2D eigenvalue weighted by Gasteiger charge is 2.18.